The number of nitrogens with zero attached hydrogens (tertiary/aromatic N) is 4. The maximum atomic E-state index is 12.4. The minimum absolute atomic E-state index is 0.119. The quantitative estimate of drug-likeness (QED) is 0.596. The van der Waals surface area contributed by atoms with Crippen LogP contribution in [-0.2, 0) is 4.79 Å². The van der Waals surface area contributed by atoms with E-state index >= 15 is 0 Å². The van der Waals surface area contributed by atoms with E-state index in [1.54, 1.807) is 24.7 Å². The number of hydrogen-bond acceptors (Lipinski definition) is 7. The molecule has 1 aliphatic rings. The largest absolute Gasteiger partial charge is 0.352 e. The molecule has 4 rings (SSSR count). The fourth-order valence-electron chi connectivity index (χ4n) is 3.11. The zero-order chi connectivity index (χ0) is 19.3. The second-order valence-electron chi connectivity index (χ2n) is 6.51. The van der Waals surface area contributed by atoms with Gasteiger partial charge in [-0.15, -0.1) is 0 Å². The third-order valence-corrected chi connectivity index (χ3v) is 5.44. The van der Waals surface area contributed by atoms with Gasteiger partial charge < -0.3 is 15.5 Å². The van der Waals surface area contributed by atoms with Gasteiger partial charge in [0.05, 0.1) is 16.4 Å². The molecule has 0 aliphatic carbocycles. The number of carbonyl (C=O) groups excluding carboxylic acids is 2. The summed E-state index contributed by atoms with van der Waals surface area (Å²) in [4.78, 5) is 38.5. The number of likely N-dealkylation sites (tertiary alicyclic amines) is 1. The predicted octanol–water partition coefficient (Wildman–Crippen LogP) is 2.57. The predicted molar refractivity (Wildman–Crippen MR) is 108 cm³/mol. The Morgan fingerprint density at radius 3 is 3.00 bits per heavy atom. The van der Waals surface area contributed by atoms with Crippen molar-refractivity contribution in [2.45, 2.75) is 19.3 Å². The van der Waals surface area contributed by atoms with Crippen LogP contribution in [0.25, 0.3) is 10.2 Å². The SMILES string of the molecule is O=C(NCCCN1CCCC1=O)c1ccc2nc(Nc3cnccn3)sc2c1. The minimum atomic E-state index is -0.119. The lowest BCUT2D eigenvalue weighted by atomic mass is 10.2. The average molecular weight is 396 g/mol. The van der Waals surface area contributed by atoms with Crippen molar-refractivity contribution in [2.24, 2.45) is 0 Å². The smallest absolute Gasteiger partial charge is 0.251 e. The first-order valence-electron chi connectivity index (χ1n) is 9.19. The van der Waals surface area contributed by atoms with Gasteiger partial charge in [-0.2, -0.15) is 0 Å². The molecule has 3 heterocycles. The van der Waals surface area contributed by atoms with Gasteiger partial charge in [0.15, 0.2) is 10.9 Å². The fourth-order valence-corrected chi connectivity index (χ4v) is 4.02. The minimum Gasteiger partial charge on any atom is -0.352 e. The van der Waals surface area contributed by atoms with Gasteiger partial charge in [0.1, 0.15) is 0 Å². The van der Waals surface area contributed by atoms with Crippen LogP contribution in [0, 0.1) is 0 Å². The fraction of sp³-hybridized carbons (Fsp3) is 0.316. The highest BCUT2D eigenvalue weighted by atomic mass is 32.1. The van der Waals surface area contributed by atoms with Crippen LogP contribution in [0.15, 0.2) is 36.8 Å². The number of carbonyl (C=O) groups is 2. The Morgan fingerprint density at radius 1 is 1.29 bits per heavy atom. The van der Waals surface area contributed by atoms with Crippen LogP contribution < -0.4 is 10.6 Å². The first kappa shape index (κ1) is 18.3. The van der Waals surface area contributed by atoms with E-state index in [9.17, 15) is 9.59 Å². The summed E-state index contributed by atoms with van der Waals surface area (Å²) in [6, 6.07) is 5.45. The lowest BCUT2D eigenvalue weighted by Gasteiger charge is -2.15. The molecule has 0 saturated carbocycles. The van der Waals surface area contributed by atoms with Crippen molar-refractivity contribution in [3.8, 4) is 0 Å². The number of fused-ring (bicyclic) bond motifs is 1. The van der Waals surface area contributed by atoms with Gasteiger partial charge in [-0.3, -0.25) is 14.6 Å². The number of benzene rings is 1. The van der Waals surface area contributed by atoms with E-state index in [-0.39, 0.29) is 11.8 Å². The van der Waals surface area contributed by atoms with Gasteiger partial charge >= 0.3 is 0 Å². The Kier molecular flexibility index (Phi) is 5.43. The molecule has 1 fully saturated rings. The van der Waals surface area contributed by atoms with Gasteiger partial charge in [-0.05, 0) is 31.0 Å². The van der Waals surface area contributed by atoms with Crippen molar-refractivity contribution in [1.29, 1.82) is 0 Å². The lowest BCUT2D eigenvalue weighted by molar-refractivity contribution is -0.127. The highest BCUT2D eigenvalue weighted by Gasteiger charge is 2.19. The summed E-state index contributed by atoms with van der Waals surface area (Å²) in [5, 5.41) is 6.74. The molecular formula is C19H20N6O2S. The average Bonchev–Trinajstić information content (AvgIpc) is 3.30. The molecule has 0 bridgehead atoms. The van der Waals surface area contributed by atoms with Gasteiger partial charge in [-0.1, -0.05) is 11.3 Å². The third-order valence-electron chi connectivity index (χ3n) is 4.51. The zero-order valence-electron chi connectivity index (χ0n) is 15.2. The molecule has 144 valence electrons. The summed E-state index contributed by atoms with van der Waals surface area (Å²) in [6.07, 6.45) is 7.19. The number of aromatic nitrogens is 3. The monoisotopic (exact) mass is 396 g/mol. The Balaban J connectivity index is 1.34. The molecule has 0 atom stereocenters. The molecular weight excluding hydrogens is 376 g/mol. The summed E-state index contributed by atoms with van der Waals surface area (Å²) < 4.78 is 0.918. The molecule has 28 heavy (non-hydrogen) atoms. The molecule has 2 N–H and O–H groups in total. The maximum absolute atomic E-state index is 12.4. The first-order chi connectivity index (χ1) is 13.7. The number of hydrogen-bond donors (Lipinski definition) is 2. The van der Waals surface area contributed by atoms with Crippen molar-refractivity contribution in [2.75, 3.05) is 25.0 Å². The van der Waals surface area contributed by atoms with Crippen molar-refractivity contribution >= 4 is 44.3 Å². The van der Waals surface area contributed by atoms with E-state index in [4.69, 9.17) is 0 Å². The van der Waals surface area contributed by atoms with Crippen molar-refractivity contribution in [3.63, 3.8) is 0 Å². The molecule has 2 aromatic heterocycles. The standard InChI is InChI=1S/C19H20N6O2S/c26-17-3-1-9-25(17)10-2-6-22-18(27)13-4-5-14-15(11-13)28-19(23-14)24-16-12-20-7-8-21-16/h4-5,7-8,11-12H,1-3,6,9-10H2,(H,22,27)(H,21,23,24). The topological polar surface area (TPSA) is 100 Å². The second-order valence-corrected chi connectivity index (χ2v) is 7.54. The Labute approximate surface area is 166 Å². The summed E-state index contributed by atoms with van der Waals surface area (Å²) in [5.74, 6) is 0.718. The van der Waals surface area contributed by atoms with E-state index in [0.717, 1.165) is 29.6 Å². The number of rotatable bonds is 7. The number of anilines is 2. The Morgan fingerprint density at radius 2 is 2.21 bits per heavy atom. The Bertz CT molecular complexity index is 991. The van der Waals surface area contributed by atoms with Crippen LogP contribution in [0.2, 0.25) is 0 Å². The maximum Gasteiger partial charge on any atom is 0.251 e. The first-order valence-corrected chi connectivity index (χ1v) is 10.0. The van der Waals surface area contributed by atoms with Crippen LogP contribution in [0.3, 0.4) is 0 Å². The van der Waals surface area contributed by atoms with Gasteiger partial charge in [-0.25, -0.2) is 9.97 Å². The van der Waals surface area contributed by atoms with Gasteiger partial charge in [0.2, 0.25) is 5.91 Å². The van der Waals surface area contributed by atoms with Crippen molar-refractivity contribution in [1.82, 2.24) is 25.2 Å². The van der Waals surface area contributed by atoms with Crippen molar-refractivity contribution < 1.29 is 9.59 Å². The van der Waals surface area contributed by atoms with Gasteiger partial charge in [0.25, 0.3) is 5.91 Å². The lowest BCUT2D eigenvalue weighted by Crippen LogP contribution is -2.30. The highest BCUT2D eigenvalue weighted by molar-refractivity contribution is 7.22. The molecule has 1 aliphatic heterocycles. The number of nitrogens with one attached hydrogen (secondary N) is 2. The highest BCUT2D eigenvalue weighted by Crippen LogP contribution is 2.28. The molecule has 1 aromatic carbocycles. The van der Waals surface area contributed by atoms with E-state index < -0.39 is 0 Å². The van der Waals surface area contributed by atoms with Gasteiger partial charge in [0, 0.05) is 44.0 Å². The third kappa shape index (κ3) is 4.25. The van der Waals surface area contributed by atoms with Crippen LogP contribution in [0.1, 0.15) is 29.6 Å². The van der Waals surface area contributed by atoms with Crippen LogP contribution in [-0.4, -0.2) is 51.3 Å². The summed E-state index contributed by atoms with van der Waals surface area (Å²) >= 11 is 1.45. The van der Waals surface area contributed by atoms with Crippen molar-refractivity contribution in [3.05, 3.63) is 42.4 Å². The molecule has 0 radical (unpaired) electrons. The van der Waals surface area contributed by atoms with Crippen LogP contribution in [0.4, 0.5) is 10.9 Å². The molecule has 0 spiro atoms. The molecule has 1 saturated heterocycles. The summed E-state index contributed by atoms with van der Waals surface area (Å²) in [6.45, 7) is 2.08. The van der Waals surface area contributed by atoms with E-state index in [0.29, 0.717) is 36.0 Å². The molecule has 0 unspecified atom stereocenters. The summed E-state index contributed by atoms with van der Waals surface area (Å²) in [7, 11) is 0. The molecule has 9 heteroatoms. The van der Waals surface area contributed by atoms with E-state index in [2.05, 4.69) is 25.6 Å². The van der Waals surface area contributed by atoms with Crippen LogP contribution in [0.5, 0.6) is 0 Å². The normalized spacial score (nSPS) is 13.9. The van der Waals surface area contributed by atoms with E-state index in [1.807, 2.05) is 17.0 Å². The Hall–Kier alpha value is -3.07. The zero-order valence-corrected chi connectivity index (χ0v) is 16.0. The van der Waals surface area contributed by atoms with Crippen LogP contribution >= 0.6 is 11.3 Å². The number of thiazole rings is 1. The molecule has 8 nitrogen and oxygen atoms in total. The second kappa shape index (κ2) is 8.30. The summed E-state index contributed by atoms with van der Waals surface area (Å²) in [5.41, 5.74) is 1.42. The number of amides is 2. The van der Waals surface area contributed by atoms with E-state index in [1.165, 1.54) is 11.3 Å². The molecule has 2 amide bonds. The molecule has 3 aromatic rings.